The Morgan fingerprint density at radius 2 is 0.895 bits per heavy atom. The van der Waals surface area contributed by atoms with Crippen molar-refractivity contribution in [2.24, 2.45) is 11.8 Å². The Hall–Kier alpha value is -0.0800. The van der Waals surface area contributed by atoms with Crippen LogP contribution >= 0.6 is 0 Å². The average molecular weight is 273 g/mol. The van der Waals surface area contributed by atoms with E-state index in [0.717, 1.165) is 11.8 Å². The summed E-state index contributed by atoms with van der Waals surface area (Å²) < 4.78 is 0. The molecule has 0 amide bonds. The fraction of sp³-hybridized carbons (Fsp3) is 1.00. The van der Waals surface area contributed by atoms with Gasteiger partial charge in [0.25, 0.3) is 0 Å². The van der Waals surface area contributed by atoms with Gasteiger partial charge in [-0.15, -0.1) is 0 Å². The van der Waals surface area contributed by atoms with Crippen LogP contribution in [0.3, 0.4) is 0 Å². The standard InChI is InChI=1S/C15H34N2.C2H6/c1-14(2)12-16-10-8-6-5-7-9-11-17-13-15(3)4;1-2/h14-17H,5-13H2,1-4H3;1-2H3. The molecule has 0 aliphatic rings. The maximum atomic E-state index is 3.50. The molecule has 0 unspecified atom stereocenters. The SMILES string of the molecule is CC.CC(C)CNCCCCCCCNCC(C)C. The van der Waals surface area contributed by atoms with Crippen molar-refractivity contribution in [1.82, 2.24) is 10.6 Å². The molecular formula is C17H40N2. The molecule has 0 radical (unpaired) electrons. The van der Waals surface area contributed by atoms with E-state index in [-0.39, 0.29) is 0 Å². The Kier molecular flexibility index (Phi) is 20.0. The van der Waals surface area contributed by atoms with E-state index in [9.17, 15) is 0 Å². The zero-order valence-electron chi connectivity index (χ0n) is 14.5. The first kappa shape index (κ1) is 21.2. The van der Waals surface area contributed by atoms with Gasteiger partial charge in [0, 0.05) is 0 Å². The molecule has 0 aromatic heterocycles. The van der Waals surface area contributed by atoms with Crippen LogP contribution in [0.5, 0.6) is 0 Å². The van der Waals surface area contributed by atoms with E-state index in [1.54, 1.807) is 0 Å². The number of unbranched alkanes of at least 4 members (excludes halogenated alkanes) is 4. The van der Waals surface area contributed by atoms with Crippen LogP contribution in [0, 0.1) is 11.8 Å². The Bertz CT molecular complexity index is 128. The van der Waals surface area contributed by atoms with Crippen LogP contribution < -0.4 is 10.6 Å². The summed E-state index contributed by atoms with van der Waals surface area (Å²) in [6.45, 7) is 17.8. The van der Waals surface area contributed by atoms with Gasteiger partial charge in [-0.2, -0.15) is 0 Å². The number of hydrogen-bond donors (Lipinski definition) is 2. The van der Waals surface area contributed by atoms with Crippen LogP contribution in [0.4, 0.5) is 0 Å². The van der Waals surface area contributed by atoms with Gasteiger partial charge in [0.05, 0.1) is 0 Å². The lowest BCUT2D eigenvalue weighted by Crippen LogP contribution is -2.21. The number of rotatable bonds is 12. The van der Waals surface area contributed by atoms with Gasteiger partial charge in [-0.25, -0.2) is 0 Å². The van der Waals surface area contributed by atoms with E-state index in [1.807, 2.05) is 13.8 Å². The lowest BCUT2D eigenvalue weighted by atomic mass is 10.1. The van der Waals surface area contributed by atoms with Gasteiger partial charge in [0.1, 0.15) is 0 Å². The summed E-state index contributed by atoms with van der Waals surface area (Å²) in [4.78, 5) is 0. The molecule has 0 aliphatic carbocycles. The molecule has 2 heteroatoms. The largest absolute Gasteiger partial charge is 0.316 e. The Morgan fingerprint density at radius 3 is 1.21 bits per heavy atom. The lowest BCUT2D eigenvalue weighted by molar-refractivity contribution is 0.508. The van der Waals surface area contributed by atoms with Crippen molar-refractivity contribution in [2.75, 3.05) is 26.2 Å². The highest BCUT2D eigenvalue weighted by atomic mass is 14.9. The number of hydrogen-bond acceptors (Lipinski definition) is 2. The molecule has 0 fully saturated rings. The van der Waals surface area contributed by atoms with Crippen LogP contribution in [0.2, 0.25) is 0 Å². The lowest BCUT2D eigenvalue weighted by Gasteiger charge is -2.08. The van der Waals surface area contributed by atoms with E-state index in [0.29, 0.717) is 0 Å². The Labute approximate surface area is 123 Å². The molecule has 0 saturated carbocycles. The van der Waals surface area contributed by atoms with Crippen LogP contribution in [0.25, 0.3) is 0 Å². The molecule has 0 aromatic carbocycles. The minimum atomic E-state index is 0.780. The maximum absolute atomic E-state index is 3.50. The van der Waals surface area contributed by atoms with Crippen LogP contribution in [-0.2, 0) is 0 Å². The molecular weight excluding hydrogens is 232 g/mol. The second-order valence-electron chi connectivity index (χ2n) is 5.96. The predicted octanol–water partition coefficient (Wildman–Crippen LogP) is 4.45. The summed E-state index contributed by atoms with van der Waals surface area (Å²) in [6.07, 6.45) is 6.84. The molecule has 2 N–H and O–H groups in total. The van der Waals surface area contributed by atoms with Gasteiger partial charge in [-0.3, -0.25) is 0 Å². The third-order valence-corrected chi connectivity index (χ3v) is 2.81. The maximum Gasteiger partial charge on any atom is -0.00258 e. The summed E-state index contributed by atoms with van der Waals surface area (Å²) in [5, 5.41) is 6.99. The third kappa shape index (κ3) is 23.4. The van der Waals surface area contributed by atoms with Crippen molar-refractivity contribution in [1.29, 1.82) is 0 Å². The Morgan fingerprint density at radius 1 is 0.579 bits per heavy atom. The molecule has 0 atom stereocenters. The van der Waals surface area contributed by atoms with Crippen molar-refractivity contribution < 1.29 is 0 Å². The van der Waals surface area contributed by atoms with Crippen LogP contribution in [0.15, 0.2) is 0 Å². The molecule has 0 rings (SSSR count). The van der Waals surface area contributed by atoms with Crippen LogP contribution in [-0.4, -0.2) is 26.2 Å². The fourth-order valence-electron chi connectivity index (χ4n) is 1.81. The van der Waals surface area contributed by atoms with Crippen molar-refractivity contribution in [3.05, 3.63) is 0 Å². The van der Waals surface area contributed by atoms with Gasteiger partial charge in [-0.1, -0.05) is 60.8 Å². The van der Waals surface area contributed by atoms with Crippen molar-refractivity contribution in [3.8, 4) is 0 Å². The molecule has 0 aliphatic heterocycles. The molecule has 0 aromatic rings. The summed E-state index contributed by atoms with van der Waals surface area (Å²) >= 11 is 0. The molecule has 0 spiro atoms. The van der Waals surface area contributed by atoms with E-state index in [2.05, 4.69) is 38.3 Å². The highest BCUT2D eigenvalue weighted by Gasteiger charge is 1.95. The van der Waals surface area contributed by atoms with E-state index in [4.69, 9.17) is 0 Å². The molecule has 0 heterocycles. The smallest absolute Gasteiger partial charge is 0.00258 e. The van der Waals surface area contributed by atoms with E-state index < -0.39 is 0 Å². The summed E-state index contributed by atoms with van der Waals surface area (Å²) in [5.41, 5.74) is 0. The topological polar surface area (TPSA) is 24.1 Å². The zero-order chi connectivity index (χ0) is 14.9. The highest BCUT2D eigenvalue weighted by molar-refractivity contribution is 4.54. The second kappa shape index (κ2) is 17.9. The van der Waals surface area contributed by atoms with E-state index in [1.165, 1.54) is 58.3 Å². The first-order valence-electron chi connectivity index (χ1n) is 8.54. The van der Waals surface area contributed by atoms with Crippen molar-refractivity contribution >= 4 is 0 Å². The van der Waals surface area contributed by atoms with Gasteiger partial charge in [0.15, 0.2) is 0 Å². The monoisotopic (exact) mass is 272 g/mol. The molecule has 118 valence electrons. The minimum absolute atomic E-state index is 0.780. The van der Waals surface area contributed by atoms with Gasteiger partial charge < -0.3 is 10.6 Å². The van der Waals surface area contributed by atoms with Gasteiger partial charge in [0.2, 0.25) is 0 Å². The molecule has 2 nitrogen and oxygen atoms in total. The quantitative estimate of drug-likeness (QED) is 0.513. The third-order valence-electron chi connectivity index (χ3n) is 2.81. The minimum Gasteiger partial charge on any atom is -0.316 e. The van der Waals surface area contributed by atoms with Crippen LogP contribution in [0.1, 0.15) is 73.6 Å². The second-order valence-corrected chi connectivity index (χ2v) is 5.96. The van der Waals surface area contributed by atoms with Gasteiger partial charge in [-0.05, 0) is 50.9 Å². The molecule has 19 heavy (non-hydrogen) atoms. The zero-order valence-corrected chi connectivity index (χ0v) is 14.5. The normalized spacial score (nSPS) is 10.7. The highest BCUT2D eigenvalue weighted by Crippen LogP contribution is 2.02. The average Bonchev–Trinajstić information content (AvgIpc) is 2.37. The molecule has 0 bridgehead atoms. The Balaban J connectivity index is 0. The first-order valence-corrected chi connectivity index (χ1v) is 8.54. The summed E-state index contributed by atoms with van der Waals surface area (Å²) in [7, 11) is 0. The summed E-state index contributed by atoms with van der Waals surface area (Å²) in [6, 6.07) is 0. The van der Waals surface area contributed by atoms with Crippen molar-refractivity contribution in [3.63, 3.8) is 0 Å². The first-order chi connectivity index (χ1) is 9.13. The van der Waals surface area contributed by atoms with Crippen molar-refractivity contribution in [2.45, 2.75) is 73.6 Å². The fourth-order valence-corrected chi connectivity index (χ4v) is 1.81. The predicted molar refractivity (Wildman–Crippen MR) is 89.8 cm³/mol. The number of nitrogens with one attached hydrogen (secondary N) is 2. The van der Waals surface area contributed by atoms with Gasteiger partial charge >= 0.3 is 0 Å². The summed E-state index contributed by atoms with van der Waals surface area (Å²) in [5.74, 6) is 1.56. The molecule has 0 saturated heterocycles. The van der Waals surface area contributed by atoms with E-state index >= 15 is 0 Å².